The maximum atomic E-state index is 12.9. The van der Waals surface area contributed by atoms with Crippen LogP contribution < -0.4 is 5.32 Å². The van der Waals surface area contributed by atoms with E-state index in [1.807, 2.05) is 0 Å². The molecule has 0 spiro atoms. The number of hydrogen-bond acceptors (Lipinski definition) is 3. The van der Waals surface area contributed by atoms with Gasteiger partial charge in [-0.05, 0) is 25.6 Å². The van der Waals surface area contributed by atoms with E-state index in [0.717, 1.165) is 16.4 Å². The number of hydrogen-bond donors (Lipinski definition) is 1. The number of nitrogens with one attached hydrogen (secondary N) is 1. The number of likely N-dealkylation sites (N-methyl/N-ethyl adjacent to an activating group) is 1. The lowest BCUT2D eigenvalue weighted by Gasteiger charge is -2.19. The van der Waals surface area contributed by atoms with Crippen molar-refractivity contribution in [1.82, 2.24) is 9.62 Å². The molecular weight excluding hydrogens is 329 g/mol. The monoisotopic (exact) mass is 344 g/mol. The minimum absolute atomic E-state index is 0. The summed E-state index contributed by atoms with van der Waals surface area (Å²) < 4.78 is 64.6. The van der Waals surface area contributed by atoms with Crippen molar-refractivity contribution in [2.75, 3.05) is 20.1 Å². The molecule has 1 aromatic carbocycles. The zero-order chi connectivity index (χ0) is 15.0. The van der Waals surface area contributed by atoms with E-state index in [-0.39, 0.29) is 31.5 Å². The molecule has 21 heavy (non-hydrogen) atoms. The van der Waals surface area contributed by atoms with Gasteiger partial charge in [-0.15, -0.1) is 12.4 Å². The largest absolute Gasteiger partial charge is 0.417 e. The van der Waals surface area contributed by atoms with Gasteiger partial charge in [-0.25, -0.2) is 8.42 Å². The van der Waals surface area contributed by atoms with E-state index in [1.165, 1.54) is 12.1 Å². The van der Waals surface area contributed by atoms with Crippen molar-refractivity contribution in [1.29, 1.82) is 0 Å². The van der Waals surface area contributed by atoms with Crippen LogP contribution >= 0.6 is 12.4 Å². The lowest BCUT2D eigenvalue weighted by molar-refractivity contribution is -0.139. The van der Waals surface area contributed by atoms with Crippen molar-refractivity contribution in [3.8, 4) is 0 Å². The Bertz CT molecular complexity index is 592. The molecule has 9 heteroatoms. The Labute approximate surface area is 127 Å². The van der Waals surface area contributed by atoms with Gasteiger partial charge in [0.2, 0.25) is 10.0 Å². The third-order valence-corrected chi connectivity index (χ3v) is 5.29. The Morgan fingerprint density at radius 1 is 1.29 bits per heavy atom. The first-order valence-corrected chi connectivity index (χ1v) is 7.54. The van der Waals surface area contributed by atoms with Gasteiger partial charge in [0.05, 0.1) is 10.5 Å². The average Bonchev–Trinajstić information content (AvgIpc) is 2.87. The summed E-state index contributed by atoms with van der Waals surface area (Å²) in [7, 11) is -2.42. The van der Waals surface area contributed by atoms with Gasteiger partial charge in [0, 0.05) is 19.1 Å². The maximum absolute atomic E-state index is 12.9. The second kappa shape index (κ2) is 6.51. The minimum atomic E-state index is -4.69. The summed E-state index contributed by atoms with van der Waals surface area (Å²) in [6, 6.07) is 4.25. The summed E-state index contributed by atoms with van der Waals surface area (Å²) in [6.07, 6.45) is -4.10. The van der Waals surface area contributed by atoms with Gasteiger partial charge in [-0.3, -0.25) is 0 Å². The smallest absolute Gasteiger partial charge is 0.316 e. The van der Waals surface area contributed by atoms with E-state index in [2.05, 4.69) is 5.32 Å². The fraction of sp³-hybridized carbons (Fsp3) is 0.500. The SMILES string of the molecule is CNC1CCN(S(=O)(=O)c2ccccc2C(F)(F)F)C1.Cl. The summed E-state index contributed by atoms with van der Waals surface area (Å²) in [5.74, 6) is 0. The van der Waals surface area contributed by atoms with Gasteiger partial charge in [0.1, 0.15) is 0 Å². The fourth-order valence-electron chi connectivity index (χ4n) is 2.25. The molecule has 0 amide bonds. The van der Waals surface area contributed by atoms with Gasteiger partial charge in [-0.1, -0.05) is 12.1 Å². The highest BCUT2D eigenvalue weighted by Crippen LogP contribution is 2.35. The number of sulfonamides is 1. The Hall–Kier alpha value is -0.830. The lowest BCUT2D eigenvalue weighted by atomic mass is 10.2. The maximum Gasteiger partial charge on any atom is 0.417 e. The summed E-state index contributed by atoms with van der Waals surface area (Å²) >= 11 is 0. The van der Waals surface area contributed by atoms with Crippen molar-refractivity contribution < 1.29 is 21.6 Å². The average molecular weight is 345 g/mol. The molecular formula is C12H16ClF3N2O2S. The lowest BCUT2D eigenvalue weighted by Crippen LogP contribution is -2.34. The molecule has 1 saturated heterocycles. The van der Waals surface area contributed by atoms with E-state index < -0.39 is 26.7 Å². The third-order valence-electron chi connectivity index (χ3n) is 3.37. The van der Waals surface area contributed by atoms with Crippen molar-refractivity contribution in [2.45, 2.75) is 23.5 Å². The van der Waals surface area contributed by atoms with E-state index in [1.54, 1.807) is 7.05 Å². The van der Waals surface area contributed by atoms with Crippen molar-refractivity contribution >= 4 is 22.4 Å². The summed E-state index contributed by atoms with van der Waals surface area (Å²) in [5.41, 5.74) is -1.12. The van der Waals surface area contributed by atoms with Crippen LogP contribution in [0.15, 0.2) is 29.2 Å². The Morgan fingerprint density at radius 3 is 2.43 bits per heavy atom. The predicted molar refractivity (Wildman–Crippen MR) is 74.9 cm³/mol. The first-order valence-electron chi connectivity index (χ1n) is 6.10. The summed E-state index contributed by atoms with van der Waals surface area (Å²) in [5, 5.41) is 2.93. The third kappa shape index (κ3) is 3.68. The Morgan fingerprint density at radius 2 is 1.90 bits per heavy atom. The van der Waals surface area contributed by atoms with Crippen LogP contribution in [0.3, 0.4) is 0 Å². The normalized spacial score (nSPS) is 20.3. The van der Waals surface area contributed by atoms with Gasteiger partial charge in [-0.2, -0.15) is 17.5 Å². The van der Waals surface area contributed by atoms with E-state index in [9.17, 15) is 21.6 Å². The van der Waals surface area contributed by atoms with Crippen LogP contribution in [-0.2, 0) is 16.2 Å². The molecule has 1 N–H and O–H groups in total. The first kappa shape index (κ1) is 18.2. The highest BCUT2D eigenvalue weighted by atomic mass is 35.5. The standard InChI is InChI=1S/C12H15F3N2O2S.ClH/c1-16-9-6-7-17(8-9)20(18,19)11-5-3-2-4-10(11)12(13,14)15;/h2-5,9,16H,6-8H2,1H3;1H. The van der Waals surface area contributed by atoms with Crippen LogP contribution in [0.4, 0.5) is 13.2 Å². The zero-order valence-corrected chi connectivity index (χ0v) is 12.9. The van der Waals surface area contributed by atoms with Crippen molar-refractivity contribution in [3.63, 3.8) is 0 Å². The number of nitrogens with zero attached hydrogens (tertiary/aromatic N) is 1. The highest BCUT2D eigenvalue weighted by Gasteiger charge is 2.40. The topological polar surface area (TPSA) is 49.4 Å². The molecule has 1 aliphatic rings. The molecule has 2 rings (SSSR count). The van der Waals surface area contributed by atoms with E-state index in [4.69, 9.17) is 0 Å². The molecule has 0 saturated carbocycles. The highest BCUT2D eigenvalue weighted by molar-refractivity contribution is 7.89. The van der Waals surface area contributed by atoms with Crippen LogP contribution in [0, 0.1) is 0 Å². The molecule has 1 heterocycles. The molecule has 1 aromatic rings. The van der Waals surface area contributed by atoms with Crippen LogP contribution in [0.5, 0.6) is 0 Å². The molecule has 1 unspecified atom stereocenters. The summed E-state index contributed by atoms with van der Waals surface area (Å²) in [4.78, 5) is -0.677. The molecule has 1 fully saturated rings. The van der Waals surface area contributed by atoms with Crippen LogP contribution in [-0.4, -0.2) is 38.9 Å². The minimum Gasteiger partial charge on any atom is -0.316 e. The van der Waals surface area contributed by atoms with Crippen LogP contribution in [0.2, 0.25) is 0 Å². The van der Waals surface area contributed by atoms with Crippen LogP contribution in [0.25, 0.3) is 0 Å². The van der Waals surface area contributed by atoms with Gasteiger partial charge >= 0.3 is 6.18 Å². The molecule has 1 atom stereocenters. The Kier molecular flexibility index (Phi) is 5.65. The van der Waals surface area contributed by atoms with Gasteiger partial charge < -0.3 is 5.32 Å². The zero-order valence-electron chi connectivity index (χ0n) is 11.2. The molecule has 4 nitrogen and oxygen atoms in total. The Balaban J connectivity index is 0.00000220. The number of rotatable bonds is 3. The molecule has 0 aromatic heterocycles. The second-order valence-corrected chi connectivity index (χ2v) is 6.54. The first-order chi connectivity index (χ1) is 9.26. The van der Waals surface area contributed by atoms with E-state index >= 15 is 0 Å². The predicted octanol–water partition coefficient (Wildman–Crippen LogP) is 2.11. The van der Waals surface area contributed by atoms with Crippen LogP contribution in [0.1, 0.15) is 12.0 Å². The summed E-state index contributed by atoms with van der Waals surface area (Å²) in [6.45, 7) is 0.408. The van der Waals surface area contributed by atoms with Gasteiger partial charge in [0.15, 0.2) is 0 Å². The number of alkyl halides is 3. The van der Waals surface area contributed by atoms with Crippen molar-refractivity contribution in [3.05, 3.63) is 29.8 Å². The molecule has 0 radical (unpaired) electrons. The quantitative estimate of drug-likeness (QED) is 0.913. The number of halogens is 4. The van der Waals surface area contributed by atoms with Crippen molar-refractivity contribution in [2.24, 2.45) is 0 Å². The second-order valence-electron chi connectivity index (χ2n) is 4.63. The molecule has 1 aliphatic heterocycles. The molecule has 0 bridgehead atoms. The number of benzene rings is 1. The fourth-order valence-corrected chi connectivity index (χ4v) is 3.96. The molecule has 120 valence electrons. The molecule has 0 aliphatic carbocycles. The van der Waals surface area contributed by atoms with E-state index in [0.29, 0.717) is 6.42 Å². The van der Waals surface area contributed by atoms with Gasteiger partial charge in [0.25, 0.3) is 0 Å².